The van der Waals surface area contributed by atoms with E-state index in [0.29, 0.717) is 13.2 Å². The highest BCUT2D eigenvalue weighted by atomic mass is 32.1. The molecule has 1 saturated heterocycles. The van der Waals surface area contributed by atoms with Crippen LogP contribution in [0, 0.1) is 5.92 Å². The van der Waals surface area contributed by atoms with Gasteiger partial charge in [-0.3, -0.25) is 4.79 Å². The number of carbonyl (C=O) groups is 1. The van der Waals surface area contributed by atoms with Crippen LogP contribution in [0.2, 0.25) is 0 Å². The zero-order chi connectivity index (χ0) is 17.9. The van der Waals surface area contributed by atoms with Gasteiger partial charge in [-0.1, -0.05) is 30.3 Å². The molecule has 0 amide bonds. The highest BCUT2D eigenvalue weighted by molar-refractivity contribution is 7.17. The largest absolute Gasteiger partial charge is 0.466 e. The predicted octanol–water partition coefficient (Wildman–Crippen LogP) is 4.14. The van der Waals surface area contributed by atoms with E-state index in [9.17, 15) is 4.79 Å². The summed E-state index contributed by atoms with van der Waals surface area (Å²) in [6, 6.07) is 10.3. The summed E-state index contributed by atoms with van der Waals surface area (Å²) in [5.41, 5.74) is 2.31. The van der Waals surface area contributed by atoms with Gasteiger partial charge in [-0.2, -0.15) is 0 Å². The van der Waals surface area contributed by atoms with Crippen molar-refractivity contribution in [3.8, 4) is 11.1 Å². The lowest BCUT2D eigenvalue weighted by Crippen LogP contribution is -2.40. The molecule has 1 fully saturated rings. The summed E-state index contributed by atoms with van der Waals surface area (Å²) in [5, 5.41) is 3.22. The molecule has 2 aromatic heterocycles. The van der Waals surface area contributed by atoms with Gasteiger partial charge in [0, 0.05) is 24.0 Å². The average Bonchev–Trinajstić information content (AvgIpc) is 3.13. The average molecular weight is 367 g/mol. The smallest absolute Gasteiger partial charge is 0.310 e. The van der Waals surface area contributed by atoms with Gasteiger partial charge in [0.2, 0.25) is 0 Å². The summed E-state index contributed by atoms with van der Waals surface area (Å²) >= 11 is 1.63. The molecule has 26 heavy (non-hydrogen) atoms. The molecule has 0 radical (unpaired) electrons. The fraction of sp³-hybridized carbons (Fsp3) is 0.350. The van der Waals surface area contributed by atoms with Crippen molar-refractivity contribution in [1.82, 2.24) is 9.97 Å². The topological polar surface area (TPSA) is 55.3 Å². The molecule has 0 bridgehead atoms. The Balaban J connectivity index is 1.72. The van der Waals surface area contributed by atoms with E-state index in [1.54, 1.807) is 17.7 Å². The highest BCUT2D eigenvalue weighted by Crippen LogP contribution is 2.38. The number of anilines is 1. The summed E-state index contributed by atoms with van der Waals surface area (Å²) in [4.78, 5) is 24.4. The minimum absolute atomic E-state index is 0.0903. The third-order valence-corrected chi connectivity index (χ3v) is 5.66. The number of carbonyl (C=O) groups excluding carboxylic acids is 1. The van der Waals surface area contributed by atoms with Gasteiger partial charge in [0.1, 0.15) is 17.0 Å². The fourth-order valence-electron chi connectivity index (χ4n) is 3.55. The van der Waals surface area contributed by atoms with Crippen LogP contribution in [0.25, 0.3) is 21.3 Å². The number of fused-ring (bicyclic) bond motifs is 1. The molecule has 1 atom stereocenters. The first-order valence-corrected chi connectivity index (χ1v) is 9.85. The van der Waals surface area contributed by atoms with Crippen LogP contribution >= 0.6 is 11.3 Å². The van der Waals surface area contributed by atoms with E-state index in [-0.39, 0.29) is 11.9 Å². The summed E-state index contributed by atoms with van der Waals surface area (Å²) in [6.45, 7) is 3.82. The van der Waals surface area contributed by atoms with Gasteiger partial charge in [0.05, 0.1) is 17.9 Å². The predicted molar refractivity (Wildman–Crippen MR) is 104 cm³/mol. The Morgan fingerprint density at radius 2 is 2.15 bits per heavy atom. The monoisotopic (exact) mass is 367 g/mol. The molecule has 0 aliphatic carbocycles. The highest BCUT2D eigenvalue weighted by Gasteiger charge is 2.29. The molecule has 4 rings (SSSR count). The number of benzene rings is 1. The summed E-state index contributed by atoms with van der Waals surface area (Å²) in [5.74, 6) is 0.729. The molecular formula is C20H21N3O2S. The molecule has 1 aliphatic rings. The quantitative estimate of drug-likeness (QED) is 0.649. The number of hydrogen-bond acceptors (Lipinski definition) is 6. The molecule has 0 spiro atoms. The Kier molecular flexibility index (Phi) is 4.84. The van der Waals surface area contributed by atoms with Gasteiger partial charge < -0.3 is 9.64 Å². The van der Waals surface area contributed by atoms with Crippen molar-refractivity contribution in [3.63, 3.8) is 0 Å². The van der Waals surface area contributed by atoms with E-state index in [4.69, 9.17) is 4.74 Å². The maximum atomic E-state index is 12.2. The Hall–Kier alpha value is -2.47. The minimum Gasteiger partial charge on any atom is -0.466 e. The lowest BCUT2D eigenvalue weighted by Gasteiger charge is -2.32. The standard InChI is InChI=1S/C20H21N3O2S/c1-2-25-20(24)15-9-6-10-23(11-15)18-17-16(14-7-4-3-5-8-14)12-26-19(17)22-13-21-18/h3-5,7-8,12-13,15H,2,6,9-11H2,1H3/t15-/m1/s1. The number of piperidine rings is 1. The summed E-state index contributed by atoms with van der Waals surface area (Å²) < 4.78 is 5.23. The zero-order valence-electron chi connectivity index (χ0n) is 14.7. The van der Waals surface area contributed by atoms with Crippen molar-refractivity contribution in [3.05, 3.63) is 42.0 Å². The van der Waals surface area contributed by atoms with Gasteiger partial charge in [-0.25, -0.2) is 9.97 Å². The molecule has 5 nitrogen and oxygen atoms in total. The van der Waals surface area contributed by atoms with E-state index in [2.05, 4.69) is 32.4 Å². The van der Waals surface area contributed by atoms with Crippen molar-refractivity contribution >= 4 is 33.3 Å². The van der Waals surface area contributed by atoms with E-state index >= 15 is 0 Å². The van der Waals surface area contributed by atoms with Crippen molar-refractivity contribution in [2.45, 2.75) is 19.8 Å². The van der Waals surface area contributed by atoms with Gasteiger partial charge in [-0.15, -0.1) is 11.3 Å². The van der Waals surface area contributed by atoms with Gasteiger partial charge in [0.25, 0.3) is 0 Å². The van der Waals surface area contributed by atoms with E-state index in [1.807, 2.05) is 25.1 Å². The molecule has 0 saturated carbocycles. The molecule has 3 heterocycles. The lowest BCUT2D eigenvalue weighted by molar-refractivity contribution is -0.148. The first-order valence-electron chi connectivity index (χ1n) is 8.97. The normalized spacial score (nSPS) is 17.4. The zero-order valence-corrected chi connectivity index (χ0v) is 15.5. The molecule has 1 aromatic carbocycles. The molecule has 3 aromatic rings. The van der Waals surface area contributed by atoms with E-state index in [1.165, 1.54) is 0 Å². The Morgan fingerprint density at radius 1 is 1.31 bits per heavy atom. The van der Waals surface area contributed by atoms with Crippen molar-refractivity contribution in [2.24, 2.45) is 5.92 Å². The molecule has 1 aliphatic heterocycles. The fourth-order valence-corrected chi connectivity index (χ4v) is 4.46. The van der Waals surface area contributed by atoms with Crippen molar-refractivity contribution in [2.75, 3.05) is 24.6 Å². The number of esters is 1. The number of nitrogens with zero attached hydrogens (tertiary/aromatic N) is 3. The van der Waals surface area contributed by atoms with Crippen LogP contribution in [0.4, 0.5) is 5.82 Å². The van der Waals surface area contributed by atoms with Crippen LogP contribution in [0.1, 0.15) is 19.8 Å². The Morgan fingerprint density at radius 3 is 2.96 bits per heavy atom. The second-order valence-corrected chi connectivity index (χ2v) is 7.29. The van der Waals surface area contributed by atoms with Crippen LogP contribution < -0.4 is 4.90 Å². The lowest BCUT2D eigenvalue weighted by atomic mass is 9.97. The molecule has 0 N–H and O–H groups in total. The first kappa shape index (κ1) is 17.0. The van der Waals surface area contributed by atoms with E-state index in [0.717, 1.165) is 46.5 Å². The number of rotatable bonds is 4. The molecule has 134 valence electrons. The van der Waals surface area contributed by atoms with Crippen LogP contribution in [-0.4, -0.2) is 35.6 Å². The third-order valence-electron chi connectivity index (χ3n) is 4.78. The molecule has 6 heteroatoms. The number of thiophene rings is 1. The summed E-state index contributed by atoms with van der Waals surface area (Å²) in [6.07, 6.45) is 3.45. The Labute approximate surface area is 156 Å². The maximum absolute atomic E-state index is 12.2. The second kappa shape index (κ2) is 7.41. The SMILES string of the molecule is CCOC(=O)[C@@H]1CCCN(c2ncnc3scc(-c4ccccc4)c23)C1. The van der Waals surface area contributed by atoms with Gasteiger partial charge in [-0.05, 0) is 25.3 Å². The number of aromatic nitrogens is 2. The maximum Gasteiger partial charge on any atom is 0.310 e. The number of ether oxygens (including phenoxy) is 1. The third kappa shape index (κ3) is 3.17. The van der Waals surface area contributed by atoms with Crippen LogP contribution in [0.15, 0.2) is 42.0 Å². The van der Waals surface area contributed by atoms with Gasteiger partial charge in [0.15, 0.2) is 0 Å². The van der Waals surface area contributed by atoms with Crippen LogP contribution in [0.5, 0.6) is 0 Å². The van der Waals surface area contributed by atoms with Gasteiger partial charge >= 0.3 is 5.97 Å². The van der Waals surface area contributed by atoms with Crippen molar-refractivity contribution < 1.29 is 9.53 Å². The number of hydrogen-bond donors (Lipinski definition) is 0. The van der Waals surface area contributed by atoms with Crippen LogP contribution in [-0.2, 0) is 9.53 Å². The van der Waals surface area contributed by atoms with Crippen LogP contribution in [0.3, 0.4) is 0 Å². The molecular weight excluding hydrogens is 346 g/mol. The van der Waals surface area contributed by atoms with Crippen molar-refractivity contribution in [1.29, 1.82) is 0 Å². The summed E-state index contributed by atoms with van der Waals surface area (Å²) in [7, 11) is 0. The second-order valence-electron chi connectivity index (χ2n) is 6.43. The molecule has 0 unspecified atom stereocenters. The Bertz CT molecular complexity index is 910. The van der Waals surface area contributed by atoms with E-state index < -0.39 is 0 Å². The first-order chi connectivity index (χ1) is 12.8. The minimum atomic E-state index is -0.101.